The molecule has 2 aromatic carbocycles. The molecular weight excluding hydrogens is 2420 g/mol. The van der Waals surface area contributed by atoms with Crippen LogP contribution in [0.4, 0.5) is 31.3 Å². The average Bonchev–Trinajstić information content (AvgIpc) is 1.54. The summed E-state index contributed by atoms with van der Waals surface area (Å²) in [6.45, 7) is 30.9. The van der Waals surface area contributed by atoms with Crippen LogP contribution in [0.2, 0.25) is 15.4 Å². The van der Waals surface area contributed by atoms with E-state index < -0.39 is 35.1 Å². The number of H-pyrrole nitrogens is 1. The zero-order valence-electron chi connectivity index (χ0n) is 79.0. The summed E-state index contributed by atoms with van der Waals surface area (Å²) in [5, 5.41) is 47.7. The number of halogens is 14. The van der Waals surface area contributed by atoms with Gasteiger partial charge in [0.15, 0.2) is 23.0 Å². The van der Waals surface area contributed by atoms with E-state index in [0.717, 1.165) is 115 Å². The molecule has 14 aromatic heterocycles. The lowest BCUT2D eigenvalue weighted by molar-refractivity contribution is 0.180. The minimum Gasteiger partial charge on any atom is -0.454 e. The second-order valence-electron chi connectivity index (χ2n) is 30.4. The van der Waals surface area contributed by atoms with Crippen molar-refractivity contribution in [1.29, 1.82) is 0 Å². The molecule has 16 aromatic rings. The maximum atomic E-state index is 14.7. The molecule has 3 aliphatic rings. The maximum absolute atomic E-state index is 14.7. The van der Waals surface area contributed by atoms with Gasteiger partial charge in [-0.2, -0.15) is 15.0 Å². The Bertz CT molecular complexity index is 7090. The number of nitrogens with two attached hydrogens (primary N) is 1. The van der Waals surface area contributed by atoms with Gasteiger partial charge < -0.3 is 74.0 Å². The third-order valence-corrected chi connectivity index (χ3v) is 23.1. The zero-order chi connectivity index (χ0) is 107. The molecule has 0 spiro atoms. The Balaban J connectivity index is 0.000000234. The van der Waals surface area contributed by atoms with Crippen LogP contribution in [-0.2, 0) is 9.30 Å². The van der Waals surface area contributed by atoms with Crippen LogP contribution in [0.3, 0.4) is 0 Å². The van der Waals surface area contributed by atoms with Crippen molar-refractivity contribution in [2.45, 2.75) is 42.5 Å². The lowest BCUT2D eigenvalue weighted by atomic mass is 9.78. The van der Waals surface area contributed by atoms with Gasteiger partial charge in [0.1, 0.15) is 11.6 Å². The number of nitrogens with zero attached hydrogens (tertiary/aromatic N) is 25. The van der Waals surface area contributed by atoms with E-state index in [0.29, 0.717) is 102 Å². The molecule has 7 N–H and O–H groups in total. The summed E-state index contributed by atoms with van der Waals surface area (Å²) >= 11 is 52.4. The van der Waals surface area contributed by atoms with Gasteiger partial charge in [-0.3, -0.25) is 44.0 Å². The summed E-state index contributed by atoms with van der Waals surface area (Å²) in [4.78, 5) is 93.6. The molecule has 0 unspecified atom stereocenters. The fourth-order valence-corrected chi connectivity index (χ4v) is 15.2. The summed E-state index contributed by atoms with van der Waals surface area (Å²) in [6.07, 6.45) is 22.9. The number of rotatable bonds is 15. The Morgan fingerprint density at radius 1 is 0.537 bits per heavy atom. The van der Waals surface area contributed by atoms with Crippen LogP contribution < -0.4 is 32.1 Å². The number of hydrogen-bond acceptors (Lipinski definition) is 36. The van der Waals surface area contributed by atoms with E-state index in [1.165, 1.54) is 87.7 Å². The minimum absolute atomic E-state index is 0. The smallest absolute Gasteiger partial charge is 0.454 e. The Morgan fingerprint density at radius 3 is 1.36 bits per heavy atom. The number of aromatic amines is 1. The van der Waals surface area contributed by atoms with E-state index in [9.17, 15) is 33.0 Å². The van der Waals surface area contributed by atoms with E-state index in [-0.39, 0.29) is 42.8 Å². The van der Waals surface area contributed by atoms with Crippen LogP contribution >= 0.6 is 165 Å². The van der Waals surface area contributed by atoms with Crippen molar-refractivity contribution in [2.24, 2.45) is 10.9 Å². The molecule has 0 bridgehead atoms. The first kappa shape index (κ1) is 125. The maximum Gasteiger partial charge on any atom is 0.489 e. The minimum atomic E-state index is -3.22. The van der Waals surface area contributed by atoms with E-state index in [4.69, 9.17) is 73.0 Å². The summed E-state index contributed by atoms with van der Waals surface area (Å²) < 4.78 is 66.4. The van der Waals surface area contributed by atoms with Crippen molar-refractivity contribution in [3.05, 3.63) is 273 Å². The molecule has 0 saturated carbocycles. The van der Waals surface area contributed by atoms with E-state index in [1.54, 1.807) is 111 Å². The number of nitrogens with one attached hydrogen (secondary N) is 2. The molecule has 17 heterocycles. The van der Waals surface area contributed by atoms with Gasteiger partial charge in [0.2, 0.25) is 23.2 Å². The standard InChI is InChI=1S/C26H21ClFN7O.C14H9BClFN2O2.C12H14BrN5O.C7H3BrClN3O.C7H4BrN3O2.C6H6BrN3O.C6H3BrN2.C6H15N.C5H12N2.C3H5ClO2.2CH4.Cl3OP/c1-34-7-9-35(10-8-34)26-32-24(33-36-26)17-11-16(14-29-15-17)20-13-23(21-12-18(27)4-5-22(21)28)31-25-19(20)3-2-6-30-25;16-8-3-4-12(17)10(6-8)13-7-11(15(20)21)9-2-1-5-18-14(9)19-13;1-17-2-4-18(5-3-17)12-15-11(16-19-12)9-6-10(13)8-14-7-9;8-5-1-4(2-10-3-5)6-11-7(9)13-12-6;8-5-1-4(2-9-3-5)6-10-7(12)13-11-6;7-5-1-4(2-9-3-5)6(8)10-11;1-8-6-2-5(7)3-9-4-6;1-4-7(5-2)6-3;1-7-4-2-6-3-5-7;1-2-6-3(4)5;;;1-5(2,3)4/h2-6,11-15H,7-10H2,1H3;1-7,20-21H;6-8H,2-5H2,1H3;1-3H;1-3H,(H,10,11,12);1-3,11H,(H2,8,10);2-4H;4-6H2,1-3H3;6H,2-5H2,1H3;2H2,1H3;2*1H4;. The van der Waals surface area contributed by atoms with Gasteiger partial charge in [0.25, 0.3) is 0 Å². The van der Waals surface area contributed by atoms with Gasteiger partial charge in [-0.1, -0.05) is 107 Å². The Hall–Kier alpha value is -11.0. The molecular formula is C94H100BBr5Cl7F2N28O11P. The van der Waals surface area contributed by atoms with E-state index >= 15 is 0 Å². The number of amidine groups is 1. The first-order valence-corrected chi connectivity index (χ1v) is 53.7. The van der Waals surface area contributed by atoms with Crippen LogP contribution in [-0.4, -0.2) is 270 Å². The van der Waals surface area contributed by atoms with E-state index in [1.807, 2.05) is 36.4 Å². The third-order valence-electron chi connectivity index (χ3n) is 20.2. The Morgan fingerprint density at radius 2 is 0.960 bits per heavy atom. The number of benzene rings is 2. The molecule has 0 aliphatic carbocycles. The molecule has 149 heavy (non-hydrogen) atoms. The molecule has 3 aliphatic heterocycles. The van der Waals surface area contributed by atoms with Gasteiger partial charge in [-0.15, -0.1) is 0 Å². The lowest BCUT2D eigenvalue weighted by Gasteiger charge is -2.30. The molecule has 788 valence electrons. The molecule has 0 radical (unpaired) electrons. The predicted octanol–water partition coefficient (Wildman–Crippen LogP) is 21.8. The highest BCUT2D eigenvalue weighted by atomic mass is 79.9. The van der Waals surface area contributed by atoms with Gasteiger partial charge in [-0.25, -0.2) is 43.2 Å². The molecule has 0 atom stereocenters. The third kappa shape index (κ3) is 42.6. The number of carbonyl (C=O) groups is 1. The number of oxime groups is 1. The highest BCUT2D eigenvalue weighted by Gasteiger charge is 2.25. The number of carbonyl (C=O) groups excluding carboxylic acids is 1. The highest BCUT2D eigenvalue weighted by molar-refractivity contribution is 9.11. The van der Waals surface area contributed by atoms with Crippen LogP contribution in [0.15, 0.2) is 246 Å². The number of likely N-dealkylation sites (N-methyl/N-ethyl adjacent to an activating group) is 3. The highest BCUT2D eigenvalue weighted by Crippen LogP contribution is 2.61. The normalized spacial score (nSPS) is 12.7. The van der Waals surface area contributed by atoms with Crippen molar-refractivity contribution in [3.63, 3.8) is 0 Å². The second kappa shape index (κ2) is 64.6. The number of aromatic nitrogens is 18. The van der Waals surface area contributed by atoms with Gasteiger partial charge in [0.05, 0.1) is 24.6 Å². The van der Waals surface area contributed by atoms with Crippen molar-refractivity contribution in [2.75, 3.05) is 136 Å². The summed E-state index contributed by atoms with van der Waals surface area (Å²) in [5.41, 5.74) is 12.5. The largest absolute Gasteiger partial charge is 0.489 e. The fourth-order valence-electron chi connectivity index (χ4n) is 12.8. The Labute approximate surface area is 933 Å². The molecule has 3 fully saturated rings. The molecule has 19 rings (SSSR count). The fraction of sp³-hybridized carbons (Fsp3) is 0.266. The number of anilines is 2. The van der Waals surface area contributed by atoms with Crippen LogP contribution in [0, 0.1) is 18.2 Å². The average molecular weight is 2530 g/mol. The number of ether oxygens (including phenoxy) is 1. The quantitative estimate of drug-likeness (QED) is 0.00811. The predicted molar refractivity (Wildman–Crippen MR) is 597 cm³/mol. The van der Waals surface area contributed by atoms with Gasteiger partial charge >= 0.3 is 40.9 Å². The summed E-state index contributed by atoms with van der Waals surface area (Å²) in [6, 6.07) is 30.8. The molecule has 39 nitrogen and oxygen atoms in total. The van der Waals surface area contributed by atoms with Crippen molar-refractivity contribution >= 4 is 229 Å². The number of fused-ring (bicyclic) bond motifs is 2. The number of hydrogen-bond donors (Lipinski definition) is 6. The van der Waals surface area contributed by atoms with E-state index in [2.05, 4.69) is 304 Å². The van der Waals surface area contributed by atoms with Crippen molar-refractivity contribution in [1.82, 2.24) is 115 Å². The SMILES string of the molecule is C.C.CCN(CC)CC.CCOC(=O)Cl.CN1CCN(c2nc(-c3cncc(-c4cc(-c5cc(Cl)ccc5F)nc5ncccc45)c3)no2)CC1.CN1CCN(c2nc(-c3cncc(Br)c3)no2)CC1.CN1CCNCC1.Clc1nc(-c2cncc(Br)c2)no1.N/C(=N\O)c1cncc(Br)c1.O=P(Cl)(Cl)Cl.O=c1[nH]c(-c2cncc(Br)c2)no1.OB(O)c1cc(-c2cc(Cl)ccc2F)nc2ncccc12.[C-]#[N+]c1cncc(Br)c1. The molecule has 0 amide bonds. The van der Waals surface area contributed by atoms with Crippen LogP contribution in [0.1, 0.15) is 48.1 Å². The topological polar surface area (TPSA) is 483 Å². The number of pyridine rings is 10. The number of piperazine rings is 3. The van der Waals surface area contributed by atoms with Crippen molar-refractivity contribution in [3.8, 4) is 79.2 Å². The zero-order valence-corrected chi connectivity index (χ0v) is 93.1. The summed E-state index contributed by atoms with van der Waals surface area (Å²) in [5.74, 6) is 0.397. The lowest BCUT2D eigenvalue weighted by Crippen LogP contribution is -2.44. The first-order valence-electron chi connectivity index (χ1n) is 43.8. The van der Waals surface area contributed by atoms with Crippen LogP contribution in [0.25, 0.3) is 106 Å². The van der Waals surface area contributed by atoms with Crippen LogP contribution in [0.5, 0.6) is 0 Å². The van der Waals surface area contributed by atoms with Gasteiger partial charge in [-0.05, 0) is 271 Å². The second-order valence-corrected chi connectivity index (χ2v) is 43.2. The summed E-state index contributed by atoms with van der Waals surface area (Å²) in [7, 11) is 4.66. The monoisotopic (exact) mass is 2520 g/mol. The van der Waals surface area contributed by atoms with Crippen molar-refractivity contribution < 1.29 is 56.2 Å². The van der Waals surface area contributed by atoms with Gasteiger partial charge in [0, 0.05) is 265 Å². The molecule has 55 heteroatoms. The Kier molecular flexibility index (Phi) is 54.1. The first-order chi connectivity index (χ1) is 70.4. The molecule has 3 saturated heterocycles.